The molecule has 5 heteroatoms. The van der Waals surface area contributed by atoms with Crippen LogP contribution in [0.2, 0.25) is 0 Å². The smallest absolute Gasteiger partial charge is 0.287 e. The standard InChI is InChI=1S/C26H30N2O3/c1-4-19-7-9-20(10-8-19)22(28-11-5-6-12-28)16-27-26(30)24-15-23(29)21-14-17(2)13-18(3)25(21)31-24/h7-10,13-15,22H,4-6,11-12,16H2,1-3H3,(H,27,30)/t22-/m1/s1. The number of hydrogen-bond acceptors (Lipinski definition) is 4. The lowest BCUT2D eigenvalue weighted by atomic mass is 10.0. The Labute approximate surface area is 183 Å². The summed E-state index contributed by atoms with van der Waals surface area (Å²) in [5.41, 5.74) is 4.64. The first-order valence-corrected chi connectivity index (χ1v) is 11.1. The topological polar surface area (TPSA) is 62.6 Å². The first-order valence-electron chi connectivity index (χ1n) is 11.1. The first-order chi connectivity index (χ1) is 15.0. The van der Waals surface area contributed by atoms with Crippen LogP contribution in [0.1, 0.15) is 58.6 Å². The highest BCUT2D eigenvalue weighted by molar-refractivity contribution is 5.93. The predicted molar refractivity (Wildman–Crippen MR) is 124 cm³/mol. The van der Waals surface area contributed by atoms with Crippen LogP contribution in [-0.2, 0) is 6.42 Å². The summed E-state index contributed by atoms with van der Waals surface area (Å²) in [7, 11) is 0. The lowest BCUT2D eigenvalue weighted by molar-refractivity contribution is 0.0910. The minimum Gasteiger partial charge on any atom is -0.450 e. The summed E-state index contributed by atoms with van der Waals surface area (Å²) in [4.78, 5) is 27.9. The van der Waals surface area contributed by atoms with Gasteiger partial charge in [-0.3, -0.25) is 14.5 Å². The summed E-state index contributed by atoms with van der Waals surface area (Å²) < 4.78 is 5.86. The van der Waals surface area contributed by atoms with Crippen molar-refractivity contribution < 1.29 is 9.21 Å². The van der Waals surface area contributed by atoms with Gasteiger partial charge in [0.1, 0.15) is 5.58 Å². The van der Waals surface area contributed by atoms with Crippen molar-refractivity contribution in [2.24, 2.45) is 0 Å². The lowest BCUT2D eigenvalue weighted by Gasteiger charge is -2.28. The van der Waals surface area contributed by atoms with Crippen molar-refractivity contribution in [2.75, 3.05) is 19.6 Å². The molecule has 2 heterocycles. The second-order valence-corrected chi connectivity index (χ2v) is 8.50. The third kappa shape index (κ3) is 4.57. The first kappa shape index (κ1) is 21.3. The Kier molecular flexibility index (Phi) is 6.23. The summed E-state index contributed by atoms with van der Waals surface area (Å²) >= 11 is 0. The van der Waals surface area contributed by atoms with Gasteiger partial charge < -0.3 is 9.73 Å². The third-order valence-electron chi connectivity index (χ3n) is 6.19. The normalized spacial score (nSPS) is 15.3. The molecular weight excluding hydrogens is 388 g/mol. The van der Waals surface area contributed by atoms with Crippen LogP contribution in [0.25, 0.3) is 11.0 Å². The minimum atomic E-state index is -0.353. The number of aryl methyl sites for hydroxylation is 3. The molecule has 0 saturated carbocycles. The third-order valence-corrected chi connectivity index (χ3v) is 6.19. The average molecular weight is 419 g/mol. The van der Waals surface area contributed by atoms with Crippen molar-refractivity contribution in [2.45, 2.75) is 46.1 Å². The average Bonchev–Trinajstić information content (AvgIpc) is 3.29. The van der Waals surface area contributed by atoms with E-state index in [1.165, 1.54) is 30.0 Å². The Bertz CT molecular complexity index is 1140. The van der Waals surface area contributed by atoms with E-state index in [0.29, 0.717) is 17.5 Å². The van der Waals surface area contributed by atoms with Crippen molar-refractivity contribution in [1.82, 2.24) is 10.2 Å². The van der Waals surface area contributed by atoms with Crippen molar-refractivity contribution in [1.29, 1.82) is 0 Å². The Morgan fingerprint density at radius 1 is 1.10 bits per heavy atom. The van der Waals surface area contributed by atoms with Crippen molar-refractivity contribution in [3.8, 4) is 0 Å². The van der Waals surface area contributed by atoms with Gasteiger partial charge in [0.2, 0.25) is 0 Å². The number of benzene rings is 2. The summed E-state index contributed by atoms with van der Waals surface area (Å²) in [5, 5.41) is 3.53. The fraction of sp³-hybridized carbons (Fsp3) is 0.385. The van der Waals surface area contributed by atoms with Gasteiger partial charge in [-0.1, -0.05) is 37.3 Å². The second-order valence-electron chi connectivity index (χ2n) is 8.50. The molecule has 1 saturated heterocycles. The maximum atomic E-state index is 12.9. The van der Waals surface area contributed by atoms with Crippen LogP contribution in [0.4, 0.5) is 0 Å². The molecule has 1 amide bonds. The molecule has 0 unspecified atom stereocenters. The molecule has 0 bridgehead atoms. The SMILES string of the molecule is CCc1ccc([C@@H](CNC(=O)c2cc(=O)c3cc(C)cc(C)c3o2)N2CCCC2)cc1. The number of carbonyl (C=O) groups is 1. The van der Waals surface area contributed by atoms with Gasteiger partial charge in [-0.2, -0.15) is 0 Å². The van der Waals surface area contributed by atoms with E-state index in [-0.39, 0.29) is 23.1 Å². The van der Waals surface area contributed by atoms with E-state index in [2.05, 4.69) is 41.4 Å². The molecule has 0 spiro atoms. The van der Waals surface area contributed by atoms with Gasteiger partial charge in [-0.05, 0) is 74.5 Å². The van der Waals surface area contributed by atoms with Gasteiger partial charge in [-0.25, -0.2) is 0 Å². The molecule has 2 aromatic carbocycles. The van der Waals surface area contributed by atoms with Gasteiger partial charge in [0.15, 0.2) is 11.2 Å². The maximum Gasteiger partial charge on any atom is 0.287 e. The molecule has 1 N–H and O–H groups in total. The number of amides is 1. The minimum absolute atomic E-state index is 0.0611. The highest BCUT2D eigenvalue weighted by atomic mass is 16.3. The molecule has 1 aliphatic heterocycles. The molecule has 0 radical (unpaired) electrons. The maximum absolute atomic E-state index is 12.9. The van der Waals surface area contributed by atoms with E-state index in [4.69, 9.17) is 4.42 Å². The van der Waals surface area contributed by atoms with E-state index in [9.17, 15) is 9.59 Å². The van der Waals surface area contributed by atoms with Crippen LogP contribution >= 0.6 is 0 Å². The Morgan fingerprint density at radius 2 is 1.81 bits per heavy atom. The number of carbonyl (C=O) groups excluding carboxylic acids is 1. The number of nitrogens with one attached hydrogen (secondary N) is 1. The van der Waals surface area contributed by atoms with Crippen LogP contribution in [0.3, 0.4) is 0 Å². The highest BCUT2D eigenvalue weighted by Gasteiger charge is 2.25. The lowest BCUT2D eigenvalue weighted by Crippen LogP contribution is -2.37. The van der Waals surface area contributed by atoms with Gasteiger partial charge in [0, 0.05) is 12.6 Å². The molecule has 1 aliphatic rings. The molecule has 162 valence electrons. The van der Waals surface area contributed by atoms with E-state index >= 15 is 0 Å². The van der Waals surface area contributed by atoms with Gasteiger partial charge >= 0.3 is 0 Å². The van der Waals surface area contributed by atoms with Crippen LogP contribution in [0, 0.1) is 13.8 Å². The van der Waals surface area contributed by atoms with E-state index in [1.54, 1.807) is 6.07 Å². The zero-order chi connectivity index (χ0) is 22.0. The van der Waals surface area contributed by atoms with E-state index in [0.717, 1.165) is 30.6 Å². The van der Waals surface area contributed by atoms with Gasteiger partial charge in [-0.15, -0.1) is 0 Å². The van der Waals surface area contributed by atoms with Crippen molar-refractivity contribution in [3.63, 3.8) is 0 Å². The predicted octanol–water partition coefficient (Wildman–Crippen LogP) is 4.54. The van der Waals surface area contributed by atoms with Crippen LogP contribution in [-0.4, -0.2) is 30.4 Å². The fourth-order valence-corrected chi connectivity index (χ4v) is 4.48. The Hall–Kier alpha value is -2.92. The molecule has 1 aromatic heterocycles. The summed E-state index contributed by atoms with van der Waals surface area (Å²) in [6.45, 7) is 8.51. The molecule has 3 aromatic rings. The van der Waals surface area contributed by atoms with E-state index < -0.39 is 0 Å². The van der Waals surface area contributed by atoms with Crippen LogP contribution < -0.4 is 10.7 Å². The Morgan fingerprint density at radius 3 is 2.48 bits per heavy atom. The molecule has 4 rings (SSSR count). The molecular formula is C26H30N2O3. The fourth-order valence-electron chi connectivity index (χ4n) is 4.48. The number of nitrogens with zero attached hydrogens (tertiary/aromatic N) is 1. The summed E-state index contributed by atoms with van der Waals surface area (Å²) in [5.74, 6) is -0.292. The molecule has 0 aliphatic carbocycles. The zero-order valence-corrected chi connectivity index (χ0v) is 18.5. The van der Waals surface area contributed by atoms with Crippen LogP contribution in [0.15, 0.2) is 51.7 Å². The van der Waals surface area contributed by atoms with Gasteiger partial charge in [0.25, 0.3) is 5.91 Å². The van der Waals surface area contributed by atoms with E-state index in [1.807, 2.05) is 19.9 Å². The number of hydrogen-bond donors (Lipinski definition) is 1. The Balaban J connectivity index is 1.56. The van der Waals surface area contributed by atoms with Crippen molar-refractivity contribution in [3.05, 3.63) is 80.7 Å². The largest absolute Gasteiger partial charge is 0.450 e. The summed E-state index contributed by atoms with van der Waals surface area (Å²) in [6, 6.07) is 13.8. The second kappa shape index (κ2) is 9.06. The highest BCUT2D eigenvalue weighted by Crippen LogP contribution is 2.25. The number of likely N-dealkylation sites (tertiary alicyclic amines) is 1. The quantitative estimate of drug-likeness (QED) is 0.638. The molecule has 1 atom stereocenters. The molecule has 1 fully saturated rings. The summed E-state index contributed by atoms with van der Waals surface area (Å²) in [6.07, 6.45) is 3.36. The van der Waals surface area contributed by atoms with Crippen molar-refractivity contribution >= 4 is 16.9 Å². The monoisotopic (exact) mass is 418 g/mol. The number of rotatable bonds is 6. The number of fused-ring (bicyclic) bond motifs is 1. The van der Waals surface area contributed by atoms with Gasteiger partial charge in [0.05, 0.1) is 11.4 Å². The molecule has 5 nitrogen and oxygen atoms in total. The zero-order valence-electron chi connectivity index (χ0n) is 18.5. The molecule has 31 heavy (non-hydrogen) atoms. The van der Waals surface area contributed by atoms with Crippen LogP contribution in [0.5, 0.6) is 0 Å².